The maximum atomic E-state index is 12.6. The van der Waals surface area contributed by atoms with E-state index in [1.165, 1.54) is 23.1 Å². The summed E-state index contributed by atoms with van der Waals surface area (Å²) >= 11 is 11.2. The maximum absolute atomic E-state index is 12.6. The molecule has 3 rings (SSSR count). The molecule has 0 aromatic heterocycles. The average Bonchev–Trinajstić information content (AvgIpc) is 2.84. The van der Waals surface area contributed by atoms with Crippen LogP contribution in [0.1, 0.15) is 5.56 Å². The van der Waals surface area contributed by atoms with Crippen molar-refractivity contribution in [2.45, 2.75) is 4.90 Å². The van der Waals surface area contributed by atoms with E-state index in [1.54, 1.807) is 31.3 Å². The lowest BCUT2D eigenvalue weighted by Crippen LogP contribution is -2.34. The van der Waals surface area contributed by atoms with Gasteiger partial charge in [-0.15, -0.1) is 0 Å². The molecule has 0 radical (unpaired) electrons. The van der Waals surface area contributed by atoms with Crippen LogP contribution in [0.25, 0.3) is 0 Å². The minimum Gasteiger partial charge on any atom is -0.374 e. The Morgan fingerprint density at radius 1 is 1.26 bits per heavy atom. The molecular formula is C16H14ClN5O3S2. The van der Waals surface area contributed by atoms with Crippen molar-refractivity contribution < 1.29 is 13.2 Å². The molecule has 0 fully saturated rings. The van der Waals surface area contributed by atoms with Crippen LogP contribution in [0, 0.1) is 0 Å². The van der Waals surface area contributed by atoms with Crippen molar-refractivity contribution in [1.82, 2.24) is 0 Å². The number of para-hydroxylation sites is 1. The molecule has 2 aromatic carbocycles. The first kappa shape index (κ1) is 19.2. The summed E-state index contributed by atoms with van der Waals surface area (Å²) in [5, 5.41) is 10.8. The zero-order chi connectivity index (χ0) is 19.9. The maximum Gasteiger partial charge on any atom is 0.279 e. The van der Waals surface area contributed by atoms with Gasteiger partial charge in [0.25, 0.3) is 5.91 Å². The van der Waals surface area contributed by atoms with Gasteiger partial charge in [0, 0.05) is 12.6 Å². The number of carbonyl (C=O) groups is 1. The second-order valence-electron chi connectivity index (χ2n) is 5.64. The molecule has 1 heterocycles. The Kier molecular flexibility index (Phi) is 4.91. The van der Waals surface area contributed by atoms with Crippen LogP contribution in [0.2, 0.25) is 5.02 Å². The van der Waals surface area contributed by atoms with Crippen LogP contribution in [0.3, 0.4) is 0 Å². The van der Waals surface area contributed by atoms with Gasteiger partial charge in [0.05, 0.1) is 21.3 Å². The molecule has 140 valence electrons. The average molecular weight is 424 g/mol. The molecule has 0 aliphatic carbocycles. The topological polar surface area (TPSA) is 122 Å². The third kappa shape index (κ3) is 3.52. The van der Waals surface area contributed by atoms with Gasteiger partial charge in [-0.1, -0.05) is 29.8 Å². The van der Waals surface area contributed by atoms with E-state index in [2.05, 4.69) is 5.10 Å². The molecular weight excluding hydrogens is 410 g/mol. The van der Waals surface area contributed by atoms with Crippen LogP contribution in [0.15, 0.2) is 52.5 Å². The largest absolute Gasteiger partial charge is 0.374 e. The SMILES string of the molecule is CN1C(=O)/C(=N\N(C(N)=S)c2cccc(S(N)(=O)=O)c2)c2cccc(Cl)c21. The number of thiocarbonyl (C=S) groups is 1. The highest BCUT2D eigenvalue weighted by Crippen LogP contribution is 2.35. The quantitative estimate of drug-likeness (QED) is 0.568. The van der Waals surface area contributed by atoms with E-state index in [4.69, 9.17) is 34.7 Å². The first-order valence-electron chi connectivity index (χ1n) is 7.49. The number of amides is 1. The Morgan fingerprint density at radius 2 is 1.93 bits per heavy atom. The van der Waals surface area contributed by atoms with Crippen molar-refractivity contribution in [2.75, 3.05) is 17.0 Å². The molecule has 27 heavy (non-hydrogen) atoms. The number of nitrogens with zero attached hydrogens (tertiary/aromatic N) is 3. The van der Waals surface area contributed by atoms with Gasteiger partial charge in [0.15, 0.2) is 10.8 Å². The van der Waals surface area contributed by atoms with Crippen molar-refractivity contribution in [2.24, 2.45) is 16.0 Å². The number of hydrazone groups is 1. The molecule has 0 bridgehead atoms. The molecule has 0 saturated carbocycles. The summed E-state index contributed by atoms with van der Waals surface area (Å²) in [7, 11) is -2.37. The highest BCUT2D eigenvalue weighted by atomic mass is 35.5. The van der Waals surface area contributed by atoms with Gasteiger partial charge in [-0.3, -0.25) is 4.79 Å². The second kappa shape index (κ2) is 6.89. The smallest absolute Gasteiger partial charge is 0.279 e. The van der Waals surface area contributed by atoms with E-state index in [-0.39, 0.29) is 21.4 Å². The molecule has 1 aliphatic rings. The fraction of sp³-hybridized carbons (Fsp3) is 0.0625. The lowest BCUT2D eigenvalue weighted by atomic mass is 10.1. The van der Waals surface area contributed by atoms with Crippen molar-refractivity contribution in [3.05, 3.63) is 53.1 Å². The predicted octanol–water partition coefficient (Wildman–Crippen LogP) is 1.42. The van der Waals surface area contributed by atoms with Crippen molar-refractivity contribution in [3.63, 3.8) is 0 Å². The molecule has 11 heteroatoms. The summed E-state index contributed by atoms with van der Waals surface area (Å²) in [6.07, 6.45) is 0. The molecule has 0 atom stereocenters. The number of fused-ring (bicyclic) bond motifs is 1. The Bertz CT molecular complexity index is 1100. The molecule has 0 unspecified atom stereocenters. The van der Waals surface area contributed by atoms with E-state index >= 15 is 0 Å². The van der Waals surface area contributed by atoms with Crippen LogP contribution in [-0.2, 0) is 14.8 Å². The van der Waals surface area contributed by atoms with Crippen LogP contribution in [0.5, 0.6) is 0 Å². The van der Waals surface area contributed by atoms with Crippen LogP contribution in [-0.4, -0.2) is 32.2 Å². The normalized spacial score (nSPS) is 15.1. The van der Waals surface area contributed by atoms with Gasteiger partial charge in [0.1, 0.15) is 0 Å². The van der Waals surface area contributed by atoms with Crippen molar-refractivity contribution >= 4 is 61.9 Å². The van der Waals surface area contributed by atoms with Crippen molar-refractivity contribution in [3.8, 4) is 0 Å². The number of rotatable bonds is 3. The summed E-state index contributed by atoms with van der Waals surface area (Å²) in [5.41, 5.74) is 7.10. The number of halogens is 1. The number of carbonyl (C=O) groups excluding carboxylic acids is 1. The molecule has 1 amide bonds. The number of hydrogen-bond acceptors (Lipinski definition) is 5. The number of nitrogens with two attached hydrogens (primary N) is 2. The van der Waals surface area contributed by atoms with Gasteiger partial charge >= 0.3 is 0 Å². The minimum absolute atomic E-state index is 0.0730. The fourth-order valence-corrected chi connectivity index (χ4v) is 3.65. The Hall–Kier alpha value is -2.53. The molecule has 0 spiro atoms. The number of likely N-dealkylation sites (N-methyl/N-ethyl adjacent to an activating group) is 1. The lowest BCUT2D eigenvalue weighted by Gasteiger charge is -2.18. The minimum atomic E-state index is -3.94. The highest BCUT2D eigenvalue weighted by Gasteiger charge is 2.34. The van der Waals surface area contributed by atoms with Gasteiger partial charge < -0.3 is 10.6 Å². The zero-order valence-corrected chi connectivity index (χ0v) is 16.3. The highest BCUT2D eigenvalue weighted by molar-refractivity contribution is 7.89. The Morgan fingerprint density at radius 3 is 2.56 bits per heavy atom. The van der Waals surface area contributed by atoms with Gasteiger partial charge in [-0.2, -0.15) is 5.10 Å². The molecule has 8 nitrogen and oxygen atoms in total. The Labute approximate surface area is 166 Å². The third-order valence-electron chi connectivity index (χ3n) is 3.88. The monoisotopic (exact) mass is 423 g/mol. The Balaban J connectivity index is 2.15. The second-order valence-corrected chi connectivity index (χ2v) is 8.03. The first-order chi connectivity index (χ1) is 12.6. The van der Waals surface area contributed by atoms with E-state index in [0.717, 1.165) is 5.01 Å². The number of sulfonamides is 1. The molecule has 2 aromatic rings. The summed E-state index contributed by atoms with van der Waals surface area (Å²) in [6, 6.07) is 10.6. The van der Waals surface area contributed by atoms with Crippen LogP contribution < -0.4 is 20.8 Å². The van der Waals surface area contributed by atoms with Crippen LogP contribution >= 0.6 is 23.8 Å². The number of hydrogen-bond donors (Lipinski definition) is 2. The standard InChI is InChI=1S/C16H14ClN5O3S2/c1-21-14-11(6-3-7-12(14)17)13(15(21)23)20-22(16(18)26)9-4-2-5-10(8-9)27(19,24)25/h2-8H,1H3,(H2,18,26)(H2,19,24,25)/b20-13-. The van der Waals surface area contributed by atoms with Crippen LogP contribution in [0.4, 0.5) is 11.4 Å². The lowest BCUT2D eigenvalue weighted by molar-refractivity contribution is -0.111. The van der Waals surface area contributed by atoms with E-state index < -0.39 is 15.9 Å². The summed E-state index contributed by atoms with van der Waals surface area (Å²) in [5.74, 6) is -0.401. The third-order valence-corrected chi connectivity index (χ3v) is 5.27. The van der Waals surface area contributed by atoms with E-state index in [1.807, 2.05) is 0 Å². The van der Waals surface area contributed by atoms with Gasteiger partial charge in [-0.25, -0.2) is 18.6 Å². The molecule has 4 N–H and O–H groups in total. The first-order valence-corrected chi connectivity index (χ1v) is 9.82. The van der Waals surface area contributed by atoms with Gasteiger partial charge in [-0.05, 0) is 36.5 Å². The fourth-order valence-electron chi connectivity index (χ4n) is 2.65. The van der Waals surface area contributed by atoms with E-state index in [0.29, 0.717) is 16.3 Å². The zero-order valence-electron chi connectivity index (χ0n) is 14.0. The molecule has 1 aliphatic heterocycles. The van der Waals surface area contributed by atoms with Gasteiger partial charge in [0.2, 0.25) is 10.0 Å². The van der Waals surface area contributed by atoms with Crippen molar-refractivity contribution in [1.29, 1.82) is 0 Å². The molecule has 0 saturated heterocycles. The summed E-state index contributed by atoms with van der Waals surface area (Å²) in [6.45, 7) is 0. The van der Waals surface area contributed by atoms with E-state index in [9.17, 15) is 13.2 Å². The number of benzene rings is 2. The number of anilines is 2. The summed E-state index contributed by atoms with van der Waals surface area (Å²) in [4.78, 5) is 13.9. The number of primary sulfonamides is 1. The predicted molar refractivity (Wildman–Crippen MR) is 108 cm³/mol. The summed E-state index contributed by atoms with van der Waals surface area (Å²) < 4.78 is 23.2.